The van der Waals surface area contributed by atoms with E-state index in [2.05, 4.69) is 49.0 Å². The van der Waals surface area contributed by atoms with Crippen LogP contribution in [0, 0.1) is 11.8 Å². The Kier molecular flexibility index (Phi) is 4.81. The summed E-state index contributed by atoms with van der Waals surface area (Å²) in [7, 11) is 0. The monoisotopic (exact) mass is 261 g/mol. The molecule has 0 aliphatic carbocycles. The molecule has 106 valence electrons. The van der Waals surface area contributed by atoms with Crippen molar-refractivity contribution >= 4 is 5.69 Å². The molecule has 1 aromatic heterocycles. The molecule has 3 nitrogen and oxygen atoms in total. The van der Waals surface area contributed by atoms with Gasteiger partial charge < -0.3 is 10.2 Å². The zero-order valence-electron chi connectivity index (χ0n) is 12.7. The van der Waals surface area contributed by atoms with Crippen molar-refractivity contribution in [3.63, 3.8) is 0 Å². The van der Waals surface area contributed by atoms with Crippen LogP contribution in [0.2, 0.25) is 0 Å². The number of nitrogens with one attached hydrogen (secondary N) is 1. The van der Waals surface area contributed by atoms with Crippen LogP contribution in [0.1, 0.15) is 39.7 Å². The quantitative estimate of drug-likeness (QED) is 0.883. The zero-order valence-corrected chi connectivity index (χ0v) is 12.7. The first-order chi connectivity index (χ1) is 9.08. The van der Waals surface area contributed by atoms with Crippen LogP contribution >= 0.6 is 0 Å². The van der Waals surface area contributed by atoms with Crippen molar-refractivity contribution in [1.82, 2.24) is 10.3 Å². The SMILES string of the molecule is CC(C)NCc1ccncc1N1CCC(C(C)C)C1. The lowest BCUT2D eigenvalue weighted by Crippen LogP contribution is -2.26. The van der Waals surface area contributed by atoms with Gasteiger partial charge in [-0.2, -0.15) is 0 Å². The molecule has 1 aromatic rings. The van der Waals surface area contributed by atoms with Crippen LogP contribution in [-0.4, -0.2) is 24.1 Å². The van der Waals surface area contributed by atoms with Crippen molar-refractivity contribution in [2.24, 2.45) is 11.8 Å². The van der Waals surface area contributed by atoms with E-state index in [-0.39, 0.29) is 0 Å². The van der Waals surface area contributed by atoms with Crippen molar-refractivity contribution in [2.75, 3.05) is 18.0 Å². The van der Waals surface area contributed by atoms with Gasteiger partial charge in [0.2, 0.25) is 0 Å². The van der Waals surface area contributed by atoms with Gasteiger partial charge in [-0.3, -0.25) is 4.98 Å². The standard InChI is InChI=1S/C16H27N3/c1-12(2)15-6-8-19(11-15)16-10-17-7-5-14(16)9-18-13(3)4/h5,7,10,12-13,15,18H,6,8-9,11H2,1-4H3. The van der Waals surface area contributed by atoms with Crippen LogP contribution in [0.5, 0.6) is 0 Å². The number of pyridine rings is 1. The number of nitrogens with zero attached hydrogens (tertiary/aromatic N) is 2. The lowest BCUT2D eigenvalue weighted by molar-refractivity contribution is 0.422. The Morgan fingerprint density at radius 3 is 2.79 bits per heavy atom. The second-order valence-electron chi connectivity index (χ2n) is 6.28. The average Bonchev–Trinajstić information content (AvgIpc) is 2.86. The van der Waals surface area contributed by atoms with Gasteiger partial charge in [0.1, 0.15) is 0 Å². The highest BCUT2D eigenvalue weighted by atomic mass is 15.2. The van der Waals surface area contributed by atoms with E-state index >= 15 is 0 Å². The van der Waals surface area contributed by atoms with Gasteiger partial charge >= 0.3 is 0 Å². The topological polar surface area (TPSA) is 28.2 Å². The van der Waals surface area contributed by atoms with E-state index in [0.29, 0.717) is 6.04 Å². The summed E-state index contributed by atoms with van der Waals surface area (Å²) in [6.45, 7) is 12.3. The molecule has 2 rings (SSSR count). The lowest BCUT2D eigenvalue weighted by atomic mass is 9.95. The number of rotatable bonds is 5. The van der Waals surface area contributed by atoms with Gasteiger partial charge in [0.25, 0.3) is 0 Å². The first kappa shape index (κ1) is 14.3. The molecular weight excluding hydrogens is 234 g/mol. The van der Waals surface area contributed by atoms with Crippen LogP contribution in [-0.2, 0) is 6.54 Å². The fourth-order valence-corrected chi connectivity index (χ4v) is 2.71. The largest absolute Gasteiger partial charge is 0.370 e. The van der Waals surface area contributed by atoms with Crippen LogP contribution in [0.4, 0.5) is 5.69 Å². The summed E-state index contributed by atoms with van der Waals surface area (Å²) in [4.78, 5) is 6.83. The molecule has 2 heterocycles. The Bertz CT molecular complexity index is 401. The van der Waals surface area contributed by atoms with Crippen LogP contribution in [0.3, 0.4) is 0 Å². The van der Waals surface area contributed by atoms with E-state index < -0.39 is 0 Å². The van der Waals surface area contributed by atoms with Crippen molar-refractivity contribution in [3.8, 4) is 0 Å². The Labute approximate surface area is 117 Å². The Morgan fingerprint density at radius 1 is 1.37 bits per heavy atom. The van der Waals surface area contributed by atoms with Crippen molar-refractivity contribution in [2.45, 2.75) is 46.7 Å². The molecule has 0 saturated carbocycles. The van der Waals surface area contributed by atoms with E-state index in [1.807, 2.05) is 12.4 Å². The first-order valence-electron chi connectivity index (χ1n) is 7.49. The molecule has 3 heteroatoms. The highest BCUT2D eigenvalue weighted by Crippen LogP contribution is 2.29. The highest BCUT2D eigenvalue weighted by molar-refractivity contribution is 5.52. The molecule has 0 amide bonds. The molecule has 1 unspecified atom stereocenters. The second kappa shape index (κ2) is 6.38. The molecule has 19 heavy (non-hydrogen) atoms. The smallest absolute Gasteiger partial charge is 0.0598 e. The van der Waals surface area contributed by atoms with Gasteiger partial charge in [0.05, 0.1) is 11.9 Å². The lowest BCUT2D eigenvalue weighted by Gasteiger charge is -2.23. The van der Waals surface area contributed by atoms with Crippen molar-refractivity contribution in [3.05, 3.63) is 24.0 Å². The predicted octanol–water partition coefficient (Wildman–Crippen LogP) is 3.06. The second-order valence-corrected chi connectivity index (χ2v) is 6.28. The van der Waals surface area contributed by atoms with Crippen LogP contribution < -0.4 is 10.2 Å². The maximum Gasteiger partial charge on any atom is 0.0598 e. The van der Waals surface area contributed by atoms with E-state index in [1.165, 1.54) is 30.8 Å². The summed E-state index contributed by atoms with van der Waals surface area (Å²) >= 11 is 0. The maximum absolute atomic E-state index is 4.32. The summed E-state index contributed by atoms with van der Waals surface area (Å²) < 4.78 is 0. The Morgan fingerprint density at radius 2 is 2.16 bits per heavy atom. The predicted molar refractivity (Wildman–Crippen MR) is 81.4 cm³/mol. The first-order valence-corrected chi connectivity index (χ1v) is 7.49. The van der Waals surface area contributed by atoms with Gasteiger partial charge in [-0.25, -0.2) is 0 Å². The summed E-state index contributed by atoms with van der Waals surface area (Å²) in [6.07, 6.45) is 5.24. The molecule has 1 fully saturated rings. The van der Waals surface area contributed by atoms with Gasteiger partial charge in [0.15, 0.2) is 0 Å². The van der Waals surface area contributed by atoms with Gasteiger partial charge in [-0.1, -0.05) is 27.7 Å². The maximum atomic E-state index is 4.32. The van der Waals surface area contributed by atoms with Crippen LogP contribution in [0.25, 0.3) is 0 Å². The summed E-state index contributed by atoms with van der Waals surface area (Å²) in [5.74, 6) is 1.60. The highest BCUT2D eigenvalue weighted by Gasteiger charge is 2.26. The molecule has 0 bridgehead atoms. The number of hydrogen-bond acceptors (Lipinski definition) is 3. The van der Waals surface area contributed by atoms with Crippen LogP contribution in [0.15, 0.2) is 18.5 Å². The van der Waals surface area contributed by atoms with Gasteiger partial charge in [-0.05, 0) is 29.9 Å². The zero-order chi connectivity index (χ0) is 13.8. The van der Waals surface area contributed by atoms with Crippen molar-refractivity contribution < 1.29 is 0 Å². The van der Waals surface area contributed by atoms with E-state index in [1.54, 1.807) is 0 Å². The Balaban J connectivity index is 2.07. The molecule has 0 spiro atoms. The molecular formula is C16H27N3. The third-order valence-electron chi connectivity index (χ3n) is 4.10. The van der Waals surface area contributed by atoms with Crippen molar-refractivity contribution in [1.29, 1.82) is 0 Å². The number of hydrogen-bond donors (Lipinski definition) is 1. The normalized spacial score (nSPS) is 19.7. The molecule has 1 saturated heterocycles. The number of aromatic nitrogens is 1. The minimum atomic E-state index is 0.517. The fourth-order valence-electron chi connectivity index (χ4n) is 2.71. The van der Waals surface area contributed by atoms with Gasteiger partial charge in [0, 0.05) is 31.9 Å². The summed E-state index contributed by atoms with van der Waals surface area (Å²) in [6, 6.07) is 2.66. The Hall–Kier alpha value is -1.09. The molecule has 1 aliphatic rings. The van der Waals surface area contributed by atoms with E-state index in [4.69, 9.17) is 0 Å². The van der Waals surface area contributed by atoms with Gasteiger partial charge in [-0.15, -0.1) is 0 Å². The summed E-state index contributed by atoms with van der Waals surface area (Å²) in [5, 5.41) is 3.51. The van der Waals surface area contributed by atoms with E-state index in [0.717, 1.165) is 18.4 Å². The molecule has 1 atom stereocenters. The summed E-state index contributed by atoms with van der Waals surface area (Å²) in [5.41, 5.74) is 2.69. The third-order valence-corrected chi connectivity index (χ3v) is 4.10. The number of anilines is 1. The fraction of sp³-hybridized carbons (Fsp3) is 0.688. The minimum Gasteiger partial charge on any atom is -0.370 e. The molecule has 0 aromatic carbocycles. The molecule has 1 N–H and O–H groups in total. The van der Waals surface area contributed by atoms with E-state index in [9.17, 15) is 0 Å². The molecule has 0 radical (unpaired) electrons. The minimum absolute atomic E-state index is 0.517. The average molecular weight is 261 g/mol. The molecule has 1 aliphatic heterocycles. The third kappa shape index (κ3) is 3.69.